The van der Waals surface area contributed by atoms with Gasteiger partial charge in [0.15, 0.2) is 0 Å². The van der Waals surface area contributed by atoms with E-state index in [-0.39, 0.29) is 0 Å². The van der Waals surface area contributed by atoms with Crippen LogP contribution in [0.1, 0.15) is 19.8 Å². The molecule has 1 aliphatic rings. The standard InChI is InChI=1S/C13H16Cl2N4S/c1-2-19-5-3-8(4-6-19)16-11-9(14)7-10(15)12-13(11)18-20-17-12/h7-8,16H,2-6H2,1H3. The molecule has 1 fully saturated rings. The van der Waals surface area contributed by atoms with E-state index in [0.29, 0.717) is 16.1 Å². The van der Waals surface area contributed by atoms with Crippen molar-refractivity contribution in [1.29, 1.82) is 0 Å². The highest BCUT2D eigenvalue weighted by Gasteiger charge is 2.21. The highest BCUT2D eigenvalue weighted by molar-refractivity contribution is 7.00. The lowest BCUT2D eigenvalue weighted by Crippen LogP contribution is -2.38. The topological polar surface area (TPSA) is 41.0 Å². The number of hydrogen-bond acceptors (Lipinski definition) is 5. The number of halogens is 2. The minimum atomic E-state index is 0.432. The number of aromatic nitrogens is 2. The maximum Gasteiger partial charge on any atom is 0.130 e. The first kappa shape index (κ1) is 14.3. The summed E-state index contributed by atoms with van der Waals surface area (Å²) >= 11 is 13.6. The zero-order chi connectivity index (χ0) is 14.1. The van der Waals surface area contributed by atoms with Crippen LogP contribution in [0.15, 0.2) is 6.07 Å². The van der Waals surface area contributed by atoms with Gasteiger partial charge >= 0.3 is 0 Å². The van der Waals surface area contributed by atoms with E-state index in [1.807, 2.05) is 0 Å². The van der Waals surface area contributed by atoms with Gasteiger partial charge in [0, 0.05) is 19.1 Å². The molecule has 0 aliphatic carbocycles. The predicted octanol–water partition coefficient (Wildman–Crippen LogP) is 3.89. The van der Waals surface area contributed by atoms with E-state index in [4.69, 9.17) is 23.2 Å². The average molecular weight is 331 g/mol. The van der Waals surface area contributed by atoms with Crippen molar-refractivity contribution >= 4 is 51.7 Å². The van der Waals surface area contributed by atoms with E-state index >= 15 is 0 Å². The van der Waals surface area contributed by atoms with Crippen LogP contribution in [0.2, 0.25) is 10.0 Å². The molecule has 0 radical (unpaired) electrons. The van der Waals surface area contributed by atoms with Crippen molar-refractivity contribution in [3.63, 3.8) is 0 Å². The smallest absolute Gasteiger partial charge is 0.130 e. The lowest BCUT2D eigenvalue weighted by atomic mass is 10.0. The van der Waals surface area contributed by atoms with E-state index < -0.39 is 0 Å². The fourth-order valence-corrected chi connectivity index (χ4v) is 3.78. The Morgan fingerprint density at radius 3 is 2.65 bits per heavy atom. The van der Waals surface area contributed by atoms with Crippen LogP contribution in [0.5, 0.6) is 0 Å². The molecule has 1 saturated heterocycles. The summed E-state index contributed by atoms with van der Waals surface area (Å²) in [5, 5.41) is 4.72. The Morgan fingerprint density at radius 2 is 1.95 bits per heavy atom. The molecule has 2 heterocycles. The fraction of sp³-hybridized carbons (Fsp3) is 0.538. The maximum atomic E-state index is 6.32. The van der Waals surface area contributed by atoms with Gasteiger partial charge in [-0.1, -0.05) is 30.1 Å². The van der Waals surface area contributed by atoms with E-state index in [1.54, 1.807) is 6.07 Å². The quantitative estimate of drug-likeness (QED) is 0.926. The third-order valence-electron chi connectivity index (χ3n) is 3.83. The van der Waals surface area contributed by atoms with Gasteiger partial charge in [-0.15, -0.1) is 0 Å². The molecule has 2 aromatic rings. The van der Waals surface area contributed by atoms with E-state index in [1.165, 1.54) is 0 Å². The molecule has 108 valence electrons. The van der Waals surface area contributed by atoms with E-state index in [0.717, 1.165) is 60.9 Å². The molecule has 3 rings (SSSR count). The number of hydrogen-bond donors (Lipinski definition) is 1. The highest BCUT2D eigenvalue weighted by Crippen LogP contribution is 2.36. The number of nitrogens with one attached hydrogen (secondary N) is 1. The van der Waals surface area contributed by atoms with Crippen molar-refractivity contribution in [3.05, 3.63) is 16.1 Å². The molecule has 0 amide bonds. The van der Waals surface area contributed by atoms with Crippen LogP contribution in [-0.4, -0.2) is 39.3 Å². The van der Waals surface area contributed by atoms with Crippen LogP contribution in [0.25, 0.3) is 11.0 Å². The van der Waals surface area contributed by atoms with Gasteiger partial charge in [0.05, 0.1) is 27.5 Å². The molecule has 0 bridgehead atoms. The number of fused-ring (bicyclic) bond motifs is 1. The van der Waals surface area contributed by atoms with Gasteiger partial charge in [-0.25, -0.2) is 0 Å². The van der Waals surface area contributed by atoms with Crippen molar-refractivity contribution < 1.29 is 0 Å². The summed E-state index contributed by atoms with van der Waals surface area (Å²) in [7, 11) is 0. The second-order valence-corrected chi connectivity index (χ2v) is 6.37. The zero-order valence-corrected chi connectivity index (χ0v) is 13.5. The molecule has 0 spiro atoms. The Morgan fingerprint density at radius 1 is 1.25 bits per heavy atom. The van der Waals surface area contributed by atoms with Crippen LogP contribution < -0.4 is 5.32 Å². The van der Waals surface area contributed by atoms with Crippen LogP contribution in [0.4, 0.5) is 5.69 Å². The number of benzene rings is 1. The van der Waals surface area contributed by atoms with Gasteiger partial charge in [-0.05, 0) is 25.5 Å². The van der Waals surface area contributed by atoms with Crippen molar-refractivity contribution in [3.8, 4) is 0 Å². The summed E-state index contributed by atoms with van der Waals surface area (Å²) in [4.78, 5) is 2.46. The van der Waals surface area contributed by atoms with Gasteiger partial charge in [0.1, 0.15) is 11.0 Å². The number of nitrogens with zero attached hydrogens (tertiary/aromatic N) is 3. The minimum Gasteiger partial charge on any atom is -0.379 e. The average Bonchev–Trinajstić information content (AvgIpc) is 2.94. The van der Waals surface area contributed by atoms with Crippen molar-refractivity contribution in [2.45, 2.75) is 25.8 Å². The molecule has 20 heavy (non-hydrogen) atoms. The number of anilines is 1. The zero-order valence-electron chi connectivity index (χ0n) is 11.2. The highest BCUT2D eigenvalue weighted by atomic mass is 35.5. The Labute approximate surface area is 132 Å². The SMILES string of the molecule is CCN1CCC(Nc2c(Cl)cc(Cl)c3nsnc23)CC1. The second-order valence-electron chi connectivity index (χ2n) is 5.03. The summed E-state index contributed by atoms with van der Waals surface area (Å²) in [6.07, 6.45) is 2.23. The largest absolute Gasteiger partial charge is 0.379 e. The molecule has 0 atom stereocenters. The molecule has 7 heteroatoms. The first-order chi connectivity index (χ1) is 9.69. The first-order valence-corrected chi connectivity index (χ1v) is 8.26. The summed E-state index contributed by atoms with van der Waals surface area (Å²) < 4.78 is 8.56. The molecule has 1 N–H and O–H groups in total. The summed E-state index contributed by atoms with van der Waals surface area (Å²) in [6.45, 7) is 5.57. The maximum absolute atomic E-state index is 6.32. The molecule has 1 aromatic heterocycles. The molecule has 4 nitrogen and oxygen atoms in total. The van der Waals surface area contributed by atoms with Crippen molar-refractivity contribution in [2.24, 2.45) is 0 Å². The lowest BCUT2D eigenvalue weighted by molar-refractivity contribution is 0.229. The summed E-state index contributed by atoms with van der Waals surface area (Å²) in [5.41, 5.74) is 2.38. The Bertz CT molecular complexity index is 608. The number of rotatable bonds is 3. The third kappa shape index (κ3) is 2.72. The van der Waals surface area contributed by atoms with Gasteiger partial charge in [-0.3, -0.25) is 0 Å². The van der Waals surface area contributed by atoms with Gasteiger partial charge < -0.3 is 10.2 Å². The molecular weight excluding hydrogens is 315 g/mol. The Kier molecular flexibility index (Phi) is 4.31. The fourth-order valence-electron chi connectivity index (χ4n) is 2.61. The normalized spacial score (nSPS) is 17.8. The number of likely N-dealkylation sites (tertiary alicyclic amines) is 1. The molecule has 0 unspecified atom stereocenters. The van der Waals surface area contributed by atoms with Crippen LogP contribution in [0.3, 0.4) is 0 Å². The van der Waals surface area contributed by atoms with Crippen LogP contribution in [-0.2, 0) is 0 Å². The first-order valence-electron chi connectivity index (χ1n) is 6.78. The van der Waals surface area contributed by atoms with E-state index in [9.17, 15) is 0 Å². The molecule has 1 aliphatic heterocycles. The summed E-state index contributed by atoms with van der Waals surface area (Å²) in [6, 6.07) is 2.18. The van der Waals surface area contributed by atoms with Crippen LogP contribution >= 0.6 is 34.9 Å². The van der Waals surface area contributed by atoms with Gasteiger partial charge in [-0.2, -0.15) is 8.75 Å². The van der Waals surface area contributed by atoms with Gasteiger partial charge in [0.25, 0.3) is 0 Å². The second kappa shape index (κ2) is 6.02. The Hall–Kier alpha value is -0.620. The third-order valence-corrected chi connectivity index (χ3v) is 4.94. The van der Waals surface area contributed by atoms with E-state index in [2.05, 4.69) is 25.9 Å². The van der Waals surface area contributed by atoms with Crippen molar-refractivity contribution in [1.82, 2.24) is 13.6 Å². The minimum absolute atomic E-state index is 0.432. The van der Waals surface area contributed by atoms with Crippen molar-refractivity contribution in [2.75, 3.05) is 25.0 Å². The summed E-state index contributed by atoms with van der Waals surface area (Å²) in [5.74, 6) is 0. The Balaban J connectivity index is 1.83. The number of piperidine rings is 1. The molecule has 0 saturated carbocycles. The lowest BCUT2D eigenvalue weighted by Gasteiger charge is -2.32. The monoisotopic (exact) mass is 330 g/mol. The molecule has 1 aromatic carbocycles. The van der Waals surface area contributed by atoms with Gasteiger partial charge in [0.2, 0.25) is 0 Å². The van der Waals surface area contributed by atoms with Crippen LogP contribution in [0, 0.1) is 0 Å². The predicted molar refractivity (Wildman–Crippen MR) is 86.2 cm³/mol. The molecular formula is C13H16Cl2N4S.